The lowest BCUT2D eigenvalue weighted by Crippen LogP contribution is -2.11. The highest BCUT2D eigenvalue weighted by Crippen LogP contribution is 2.20. The first-order valence-corrected chi connectivity index (χ1v) is 4.47. The van der Waals surface area contributed by atoms with Crippen molar-refractivity contribution in [1.82, 2.24) is 9.55 Å². The van der Waals surface area contributed by atoms with E-state index in [2.05, 4.69) is 32.0 Å². The Labute approximate surface area is 79.7 Å². The average Bonchev–Trinajstić information content (AvgIpc) is 2.32. The molecule has 1 aromatic heterocycles. The Bertz CT molecular complexity index is 284. The third kappa shape index (κ3) is 2.31. The SMILES string of the molecule is COCc1nc(C(C)(C)C)cn1C. The summed E-state index contributed by atoms with van der Waals surface area (Å²) in [6.07, 6.45) is 2.06. The summed E-state index contributed by atoms with van der Waals surface area (Å²) in [6.45, 7) is 7.05. The zero-order chi connectivity index (χ0) is 10.1. The van der Waals surface area contributed by atoms with Gasteiger partial charge in [-0.25, -0.2) is 4.98 Å². The minimum atomic E-state index is 0.115. The lowest BCUT2D eigenvalue weighted by Gasteiger charge is -2.13. The Morgan fingerprint density at radius 1 is 1.46 bits per heavy atom. The van der Waals surface area contributed by atoms with Crippen molar-refractivity contribution < 1.29 is 4.74 Å². The standard InChI is InChI=1S/C10H18N2O/c1-10(2,3)8-6-12(4)9(11-8)7-13-5/h6H,7H2,1-5H3. The second-order valence-electron chi connectivity index (χ2n) is 4.34. The van der Waals surface area contributed by atoms with E-state index in [1.165, 1.54) is 0 Å². The highest BCUT2D eigenvalue weighted by molar-refractivity contribution is 5.12. The van der Waals surface area contributed by atoms with Crippen molar-refractivity contribution in [2.75, 3.05) is 7.11 Å². The van der Waals surface area contributed by atoms with Gasteiger partial charge in [0.05, 0.1) is 5.69 Å². The van der Waals surface area contributed by atoms with Gasteiger partial charge in [0.25, 0.3) is 0 Å². The highest BCUT2D eigenvalue weighted by Gasteiger charge is 2.18. The molecule has 3 heteroatoms. The van der Waals surface area contributed by atoms with Gasteiger partial charge in [0.15, 0.2) is 0 Å². The number of methoxy groups -OCH3 is 1. The molecule has 1 aromatic rings. The van der Waals surface area contributed by atoms with E-state index in [0.717, 1.165) is 11.5 Å². The average molecular weight is 182 g/mol. The molecular formula is C10H18N2O. The molecule has 0 spiro atoms. The van der Waals surface area contributed by atoms with Gasteiger partial charge in [0, 0.05) is 25.8 Å². The van der Waals surface area contributed by atoms with Crippen LogP contribution in [0, 0.1) is 0 Å². The molecule has 0 radical (unpaired) electrons. The fourth-order valence-electron chi connectivity index (χ4n) is 1.13. The number of aromatic nitrogens is 2. The van der Waals surface area contributed by atoms with E-state index in [4.69, 9.17) is 4.74 Å². The molecule has 13 heavy (non-hydrogen) atoms. The number of hydrogen-bond acceptors (Lipinski definition) is 2. The summed E-state index contributed by atoms with van der Waals surface area (Å²) >= 11 is 0. The molecule has 0 saturated carbocycles. The third-order valence-corrected chi connectivity index (χ3v) is 2.01. The smallest absolute Gasteiger partial charge is 0.134 e. The highest BCUT2D eigenvalue weighted by atomic mass is 16.5. The molecule has 1 rings (SSSR count). The van der Waals surface area contributed by atoms with Crippen molar-refractivity contribution >= 4 is 0 Å². The molecule has 74 valence electrons. The van der Waals surface area contributed by atoms with Crippen LogP contribution in [0.1, 0.15) is 32.3 Å². The maximum absolute atomic E-state index is 5.05. The van der Waals surface area contributed by atoms with Gasteiger partial charge in [-0.05, 0) is 0 Å². The summed E-state index contributed by atoms with van der Waals surface area (Å²) in [5.74, 6) is 0.979. The van der Waals surface area contributed by atoms with Crippen molar-refractivity contribution in [3.8, 4) is 0 Å². The molecule has 0 saturated heterocycles. The van der Waals surface area contributed by atoms with E-state index in [0.29, 0.717) is 6.61 Å². The van der Waals surface area contributed by atoms with Crippen LogP contribution in [0.3, 0.4) is 0 Å². The predicted molar refractivity (Wildman–Crippen MR) is 52.6 cm³/mol. The summed E-state index contributed by atoms with van der Waals surface area (Å²) in [5.41, 5.74) is 1.23. The van der Waals surface area contributed by atoms with Gasteiger partial charge in [0.1, 0.15) is 12.4 Å². The molecule has 0 bridgehead atoms. The fourth-order valence-corrected chi connectivity index (χ4v) is 1.13. The van der Waals surface area contributed by atoms with E-state index >= 15 is 0 Å². The van der Waals surface area contributed by atoms with E-state index in [1.54, 1.807) is 7.11 Å². The summed E-state index contributed by atoms with van der Waals surface area (Å²) in [7, 11) is 3.68. The largest absolute Gasteiger partial charge is 0.377 e. The van der Waals surface area contributed by atoms with Crippen LogP contribution in [-0.4, -0.2) is 16.7 Å². The van der Waals surface area contributed by atoms with Gasteiger partial charge < -0.3 is 9.30 Å². The van der Waals surface area contributed by atoms with Gasteiger partial charge in [0.2, 0.25) is 0 Å². The van der Waals surface area contributed by atoms with Gasteiger partial charge in [-0.1, -0.05) is 20.8 Å². The molecule has 0 unspecified atom stereocenters. The normalized spacial score (nSPS) is 12.1. The predicted octanol–water partition coefficient (Wildman–Crippen LogP) is 1.86. The maximum atomic E-state index is 5.05. The van der Waals surface area contributed by atoms with Crippen LogP contribution >= 0.6 is 0 Å². The van der Waals surface area contributed by atoms with Gasteiger partial charge in [-0.3, -0.25) is 0 Å². The minimum absolute atomic E-state index is 0.115. The van der Waals surface area contributed by atoms with Crippen LogP contribution in [0.5, 0.6) is 0 Å². The zero-order valence-corrected chi connectivity index (χ0v) is 9.09. The van der Waals surface area contributed by atoms with Crippen molar-refractivity contribution in [1.29, 1.82) is 0 Å². The van der Waals surface area contributed by atoms with Gasteiger partial charge in [-0.15, -0.1) is 0 Å². The molecular weight excluding hydrogens is 164 g/mol. The van der Waals surface area contributed by atoms with E-state index in [9.17, 15) is 0 Å². The fraction of sp³-hybridized carbons (Fsp3) is 0.700. The Morgan fingerprint density at radius 3 is 2.46 bits per heavy atom. The number of nitrogens with zero attached hydrogens (tertiary/aromatic N) is 2. The molecule has 1 heterocycles. The van der Waals surface area contributed by atoms with E-state index < -0.39 is 0 Å². The first-order valence-electron chi connectivity index (χ1n) is 4.47. The van der Waals surface area contributed by atoms with Crippen LogP contribution in [0.2, 0.25) is 0 Å². The van der Waals surface area contributed by atoms with E-state index in [-0.39, 0.29) is 5.41 Å². The number of aryl methyl sites for hydroxylation is 1. The monoisotopic (exact) mass is 182 g/mol. The number of rotatable bonds is 2. The second kappa shape index (κ2) is 3.50. The minimum Gasteiger partial charge on any atom is -0.377 e. The Balaban J connectivity index is 2.95. The summed E-state index contributed by atoms with van der Waals surface area (Å²) in [5, 5.41) is 0. The molecule has 0 N–H and O–H groups in total. The molecule has 3 nitrogen and oxygen atoms in total. The topological polar surface area (TPSA) is 27.1 Å². The summed E-state index contributed by atoms with van der Waals surface area (Å²) in [4.78, 5) is 4.51. The summed E-state index contributed by atoms with van der Waals surface area (Å²) < 4.78 is 7.07. The van der Waals surface area contributed by atoms with Crippen molar-refractivity contribution in [2.24, 2.45) is 7.05 Å². The number of hydrogen-bond donors (Lipinski definition) is 0. The number of ether oxygens (including phenoxy) is 1. The molecule has 0 fully saturated rings. The van der Waals surface area contributed by atoms with Crippen LogP contribution in [-0.2, 0) is 23.8 Å². The summed E-state index contributed by atoms with van der Waals surface area (Å²) in [6, 6.07) is 0. The molecule has 0 aliphatic rings. The maximum Gasteiger partial charge on any atom is 0.134 e. The second-order valence-corrected chi connectivity index (χ2v) is 4.34. The van der Waals surface area contributed by atoms with Crippen LogP contribution < -0.4 is 0 Å². The molecule has 0 aliphatic heterocycles. The molecule has 0 amide bonds. The Hall–Kier alpha value is -0.830. The Morgan fingerprint density at radius 2 is 2.08 bits per heavy atom. The van der Waals surface area contributed by atoms with Gasteiger partial charge in [-0.2, -0.15) is 0 Å². The third-order valence-electron chi connectivity index (χ3n) is 2.01. The first kappa shape index (κ1) is 10.3. The lowest BCUT2D eigenvalue weighted by molar-refractivity contribution is 0.175. The van der Waals surface area contributed by atoms with Gasteiger partial charge >= 0.3 is 0 Å². The van der Waals surface area contributed by atoms with Crippen molar-refractivity contribution in [2.45, 2.75) is 32.8 Å². The van der Waals surface area contributed by atoms with Crippen molar-refractivity contribution in [3.05, 3.63) is 17.7 Å². The van der Waals surface area contributed by atoms with Crippen LogP contribution in [0.4, 0.5) is 0 Å². The molecule has 0 atom stereocenters. The van der Waals surface area contributed by atoms with E-state index in [1.807, 2.05) is 11.6 Å². The molecule has 0 aromatic carbocycles. The van der Waals surface area contributed by atoms with Crippen LogP contribution in [0.25, 0.3) is 0 Å². The zero-order valence-electron chi connectivity index (χ0n) is 9.09. The lowest BCUT2D eigenvalue weighted by atomic mass is 9.93. The molecule has 0 aliphatic carbocycles. The first-order chi connectivity index (χ1) is 5.95. The Kier molecular flexibility index (Phi) is 2.76. The quantitative estimate of drug-likeness (QED) is 0.698. The number of imidazole rings is 1. The van der Waals surface area contributed by atoms with Crippen LogP contribution in [0.15, 0.2) is 6.20 Å². The van der Waals surface area contributed by atoms with Crippen molar-refractivity contribution in [3.63, 3.8) is 0 Å².